The van der Waals surface area contributed by atoms with Gasteiger partial charge in [-0.3, -0.25) is 9.48 Å². The van der Waals surface area contributed by atoms with Crippen LogP contribution >= 0.6 is 0 Å². The lowest BCUT2D eigenvalue weighted by atomic mass is 9.92. The number of rotatable bonds is 5. The third-order valence-corrected chi connectivity index (χ3v) is 3.97. The van der Waals surface area contributed by atoms with Crippen molar-refractivity contribution in [1.82, 2.24) is 15.1 Å². The molecular formula is C14H24N4O2. The lowest BCUT2D eigenvalue weighted by Gasteiger charge is -2.28. The number of nitrogens with one attached hydrogen (secondary N) is 1. The Labute approximate surface area is 119 Å². The lowest BCUT2D eigenvalue weighted by Crippen LogP contribution is -2.45. The molecule has 1 heterocycles. The van der Waals surface area contributed by atoms with Gasteiger partial charge in [0.25, 0.3) is 5.91 Å². The minimum Gasteiger partial charge on any atom is -0.391 e. The van der Waals surface area contributed by atoms with Crippen LogP contribution in [0.2, 0.25) is 0 Å². The highest BCUT2D eigenvalue weighted by molar-refractivity contribution is 5.95. The van der Waals surface area contributed by atoms with Crippen molar-refractivity contribution in [2.24, 2.45) is 5.73 Å². The maximum atomic E-state index is 12.3. The number of nitrogens with two attached hydrogens (primary N) is 1. The maximum Gasteiger partial charge on any atom is 0.255 e. The number of nitrogens with zero attached hydrogens (tertiary/aromatic N) is 2. The van der Waals surface area contributed by atoms with Crippen molar-refractivity contribution < 1.29 is 9.90 Å². The average molecular weight is 280 g/mol. The Bertz CT molecular complexity index is 458. The summed E-state index contributed by atoms with van der Waals surface area (Å²) in [7, 11) is 0. The van der Waals surface area contributed by atoms with Crippen molar-refractivity contribution in [1.29, 1.82) is 0 Å². The predicted molar refractivity (Wildman–Crippen MR) is 76.4 cm³/mol. The van der Waals surface area contributed by atoms with Gasteiger partial charge in [-0.1, -0.05) is 12.8 Å². The Balaban J connectivity index is 2.00. The minimum absolute atomic E-state index is 0.136. The monoisotopic (exact) mass is 280 g/mol. The number of hydrogen-bond acceptors (Lipinski definition) is 4. The smallest absolute Gasteiger partial charge is 0.255 e. The van der Waals surface area contributed by atoms with E-state index in [9.17, 15) is 9.90 Å². The van der Waals surface area contributed by atoms with Gasteiger partial charge in [-0.05, 0) is 32.7 Å². The molecule has 20 heavy (non-hydrogen) atoms. The normalized spacial score (nSPS) is 22.8. The van der Waals surface area contributed by atoms with Crippen molar-refractivity contribution in [3.8, 4) is 0 Å². The summed E-state index contributed by atoms with van der Waals surface area (Å²) in [5, 5.41) is 17.1. The van der Waals surface area contributed by atoms with E-state index in [0.717, 1.165) is 44.3 Å². The van der Waals surface area contributed by atoms with E-state index in [0.29, 0.717) is 12.1 Å². The van der Waals surface area contributed by atoms with Crippen molar-refractivity contribution >= 4 is 5.91 Å². The highest BCUT2D eigenvalue weighted by Gasteiger charge is 2.26. The number of aryl methyl sites for hydroxylation is 1. The fourth-order valence-corrected chi connectivity index (χ4v) is 2.66. The molecule has 0 aliphatic heterocycles. The minimum atomic E-state index is -0.430. The zero-order valence-corrected chi connectivity index (χ0v) is 12.0. The Hall–Kier alpha value is -1.40. The molecule has 6 heteroatoms. The van der Waals surface area contributed by atoms with Crippen LogP contribution in [0.3, 0.4) is 0 Å². The zero-order valence-electron chi connectivity index (χ0n) is 12.0. The first kappa shape index (κ1) is 15.0. The van der Waals surface area contributed by atoms with Crippen molar-refractivity contribution in [3.63, 3.8) is 0 Å². The van der Waals surface area contributed by atoms with Gasteiger partial charge in [0.1, 0.15) is 0 Å². The number of amides is 1. The largest absolute Gasteiger partial charge is 0.391 e. The van der Waals surface area contributed by atoms with Gasteiger partial charge in [-0.2, -0.15) is 5.10 Å². The molecule has 2 unspecified atom stereocenters. The molecule has 2 atom stereocenters. The summed E-state index contributed by atoms with van der Waals surface area (Å²) in [6, 6.07) is -0.136. The fourth-order valence-electron chi connectivity index (χ4n) is 2.66. The molecule has 1 saturated carbocycles. The molecule has 2 rings (SSSR count). The highest BCUT2D eigenvalue weighted by atomic mass is 16.3. The first-order valence-electron chi connectivity index (χ1n) is 7.35. The van der Waals surface area contributed by atoms with Crippen LogP contribution < -0.4 is 11.1 Å². The Morgan fingerprint density at radius 3 is 3.00 bits per heavy atom. The molecule has 4 N–H and O–H groups in total. The van der Waals surface area contributed by atoms with Gasteiger partial charge in [0.2, 0.25) is 0 Å². The molecule has 1 amide bonds. The predicted octanol–water partition coefficient (Wildman–Crippen LogP) is 0.574. The van der Waals surface area contributed by atoms with E-state index < -0.39 is 6.10 Å². The Morgan fingerprint density at radius 1 is 1.55 bits per heavy atom. The first-order chi connectivity index (χ1) is 9.63. The molecule has 0 spiro atoms. The molecule has 1 aliphatic carbocycles. The molecule has 1 aliphatic rings. The van der Waals surface area contributed by atoms with E-state index in [4.69, 9.17) is 5.73 Å². The van der Waals surface area contributed by atoms with Gasteiger partial charge in [0.05, 0.1) is 23.9 Å². The van der Waals surface area contributed by atoms with Gasteiger partial charge in [0.15, 0.2) is 0 Å². The summed E-state index contributed by atoms with van der Waals surface area (Å²) in [5.74, 6) is -0.146. The SMILES string of the molecule is Cc1c(C(=O)NC2CCCCC2O)cnn1CCCN. The maximum absolute atomic E-state index is 12.3. The summed E-state index contributed by atoms with van der Waals surface area (Å²) in [6.45, 7) is 3.21. The Kier molecular flexibility index (Phi) is 5.14. The number of aliphatic hydroxyl groups is 1. The molecular weight excluding hydrogens is 256 g/mol. The molecule has 0 saturated heterocycles. The van der Waals surface area contributed by atoms with E-state index >= 15 is 0 Å². The third-order valence-electron chi connectivity index (χ3n) is 3.97. The number of carbonyl (C=O) groups is 1. The highest BCUT2D eigenvalue weighted by Crippen LogP contribution is 2.19. The lowest BCUT2D eigenvalue weighted by molar-refractivity contribution is 0.0716. The zero-order chi connectivity index (χ0) is 14.5. The van der Waals surface area contributed by atoms with Crippen LogP contribution in [0.25, 0.3) is 0 Å². The van der Waals surface area contributed by atoms with E-state index in [1.165, 1.54) is 0 Å². The molecule has 112 valence electrons. The molecule has 0 bridgehead atoms. The second kappa shape index (κ2) is 6.85. The van der Waals surface area contributed by atoms with Crippen LogP contribution in [0.5, 0.6) is 0 Å². The Morgan fingerprint density at radius 2 is 2.30 bits per heavy atom. The standard InChI is InChI=1S/C14H24N4O2/c1-10-11(9-16-18(10)8-4-7-15)14(20)17-12-5-2-3-6-13(12)19/h9,12-13,19H,2-8,15H2,1H3,(H,17,20). The number of aliphatic hydroxyl groups excluding tert-OH is 1. The van der Waals surface area contributed by atoms with Crippen LogP contribution in [-0.4, -0.2) is 39.5 Å². The quantitative estimate of drug-likeness (QED) is 0.735. The molecule has 0 radical (unpaired) electrons. The fraction of sp³-hybridized carbons (Fsp3) is 0.714. The number of carbonyl (C=O) groups excluding carboxylic acids is 1. The van der Waals surface area contributed by atoms with Gasteiger partial charge in [-0.15, -0.1) is 0 Å². The summed E-state index contributed by atoms with van der Waals surface area (Å²) in [6.07, 6.45) is 5.69. The van der Waals surface area contributed by atoms with E-state index in [1.807, 2.05) is 6.92 Å². The molecule has 1 aromatic rings. The summed E-state index contributed by atoms with van der Waals surface area (Å²) in [5.41, 5.74) is 6.92. The molecule has 0 aromatic carbocycles. The summed E-state index contributed by atoms with van der Waals surface area (Å²) in [4.78, 5) is 12.3. The van der Waals surface area contributed by atoms with Crippen molar-refractivity contribution in [3.05, 3.63) is 17.5 Å². The van der Waals surface area contributed by atoms with Crippen molar-refractivity contribution in [2.75, 3.05) is 6.54 Å². The molecule has 1 aromatic heterocycles. The van der Waals surface area contributed by atoms with Crippen molar-refractivity contribution in [2.45, 2.75) is 57.7 Å². The average Bonchev–Trinajstić information content (AvgIpc) is 2.80. The molecule has 1 fully saturated rings. The molecule has 6 nitrogen and oxygen atoms in total. The van der Waals surface area contributed by atoms with Crippen LogP contribution in [0.4, 0.5) is 0 Å². The van der Waals surface area contributed by atoms with Gasteiger partial charge < -0.3 is 16.2 Å². The number of aromatic nitrogens is 2. The van der Waals surface area contributed by atoms with Crippen LogP contribution in [0.15, 0.2) is 6.20 Å². The topological polar surface area (TPSA) is 93.2 Å². The van der Waals surface area contributed by atoms with Gasteiger partial charge in [-0.25, -0.2) is 0 Å². The van der Waals surface area contributed by atoms with Crippen LogP contribution in [0, 0.1) is 6.92 Å². The van der Waals surface area contributed by atoms with E-state index in [-0.39, 0.29) is 11.9 Å². The first-order valence-corrected chi connectivity index (χ1v) is 7.35. The van der Waals surface area contributed by atoms with Crippen LogP contribution in [-0.2, 0) is 6.54 Å². The van der Waals surface area contributed by atoms with E-state index in [1.54, 1.807) is 10.9 Å². The summed E-state index contributed by atoms with van der Waals surface area (Å²) < 4.78 is 1.80. The van der Waals surface area contributed by atoms with Crippen LogP contribution in [0.1, 0.15) is 48.2 Å². The second-order valence-electron chi connectivity index (χ2n) is 5.44. The van der Waals surface area contributed by atoms with Gasteiger partial charge >= 0.3 is 0 Å². The number of hydrogen-bond donors (Lipinski definition) is 3. The second-order valence-corrected chi connectivity index (χ2v) is 5.44. The third kappa shape index (κ3) is 3.37. The summed E-state index contributed by atoms with van der Waals surface area (Å²) >= 11 is 0. The van der Waals surface area contributed by atoms with Gasteiger partial charge in [0, 0.05) is 12.2 Å². The van der Waals surface area contributed by atoms with E-state index in [2.05, 4.69) is 10.4 Å².